The molecule has 0 unspecified atom stereocenters. The highest BCUT2D eigenvalue weighted by molar-refractivity contribution is 6.02. The molecule has 2 rings (SSSR count). The monoisotopic (exact) mass is 246 g/mol. The molecule has 1 aromatic carbocycles. The summed E-state index contributed by atoms with van der Waals surface area (Å²) in [5.74, 6) is 2.50. The Balaban J connectivity index is 2.43. The van der Waals surface area contributed by atoms with Crippen LogP contribution in [0, 0.1) is 0 Å². The minimum atomic E-state index is 0.605. The molecule has 96 valence electrons. The maximum atomic E-state index is 5.75. The van der Waals surface area contributed by atoms with E-state index in [1.54, 1.807) is 13.2 Å². The molecule has 18 heavy (non-hydrogen) atoms. The molecule has 1 aliphatic rings. The molecule has 0 saturated carbocycles. The molecule has 0 spiro atoms. The van der Waals surface area contributed by atoms with Gasteiger partial charge in [-0.2, -0.15) is 0 Å². The molecule has 0 amide bonds. The Hall–Kier alpha value is -1.97. The highest BCUT2D eigenvalue weighted by atomic mass is 16.5. The molecule has 4 nitrogen and oxygen atoms in total. The summed E-state index contributed by atoms with van der Waals surface area (Å²) in [6, 6.07) is 5.82. The summed E-state index contributed by atoms with van der Waals surface area (Å²) in [6.07, 6.45) is 1.78. The number of benzene rings is 1. The molecule has 0 bridgehead atoms. The molecule has 1 aromatic rings. The van der Waals surface area contributed by atoms with E-state index < -0.39 is 0 Å². The maximum Gasteiger partial charge on any atom is 0.138 e. The van der Waals surface area contributed by atoms with E-state index in [4.69, 9.17) is 9.47 Å². The SMILES string of the molecule is C=CN1CCOc2cc(OCC)ccc2C1=NC. The van der Waals surface area contributed by atoms with Gasteiger partial charge in [0.15, 0.2) is 0 Å². The van der Waals surface area contributed by atoms with Crippen molar-refractivity contribution < 1.29 is 9.47 Å². The van der Waals surface area contributed by atoms with Crippen molar-refractivity contribution in [1.29, 1.82) is 0 Å². The summed E-state index contributed by atoms with van der Waals surface area (Å²) in [4.78, 5) is 6.32. The van der Waals surface area contributed by atoms with Crippen molar-refractivity contribution in [3.05, 3.63) is 36.5 Å². The first kappa shape index (κ1) is 12.5. The lowest BCUT2D eigenvalue weighted by atomic mass is 10.1. The van der Waals surface area contributed by atoms with Gasteiger partial charge in [-0.3, -0.25) is 4.99 Å². The predicted molar refractivity (Wildman–Crippen MR) is 72.5 cm³/mol. The van der Waals surface area contributed by atoms with Crippen molar-refractivity contribution >= 4 is 5.84 Å². The number of hydrogen-bond donors (Lipinski definition) is 0. The Morgan fingerprint density at radius 3 is 3.06 bits per heavy atom. The van der Waals surface area contributed by atoms with Gasteiger partial charge < -0.3 is 14.4 Å². The average molecular weight is 246 g/mol. The smallest absolute Gasteiger partial charge is 0.138 e. The summed E-state index contributed by atoms with van der Waals surface area (Å²) < 4.78 is 11.2. The van der Waals surface area contributed by atoms with Crippen LogP contribution in [0.5, 0.6) is 11.5 Å². The van der Waals surface area contributed by atoms with Crippen molar-refractivity contribution in [2.75, 3.05) is 26.8 Å². The van der Waals surface area contributed by atoms with Gasteiger partial charge in [-0.05, 0) is 25.3 Å². The number of aliphatic imine (C=N–C) groups is 1. The van der Waals surface area contributed by atoms with E-state index in [-0.39, 0.29) is 0 Å². The minimum absolute atomic E-state index is 0.605. The molecule has 0 atom stereocenters. The summed E-state index contributed by atoms with van der Waals surface area (Å²) in [5, 5.41) is 0. The molecule has 0 aromatic heterocycles. The summed E-state index contributed by atoms with van der Waals surface area (Å²) in [7, 11) is 1.78. The van der Waals surface area contributed by atoms with Gasteiger partial charge >= 0.3 is 0 Å². The third-order valence-corrected chi connectivity index (χ3v) is 2.80. The van der Waals surface area contributed by atoms with Crippen LogP contribution in [0.1, 0.15) is 12.5 Å². The Morgan fingerprint density at radius 2 is 2.39 bits per heavy atom. The maximum absolute atomic E-state index is 5.75. The van der Waals surface area contributed by atoms with Gasteiger partial charge in [-0.1, -0.05) is 6.58 Å². The standard InChI is InChI=1S/C14H18N2O2/c1-4-16-8-9-18-13-10-11(17-5-2)6-7-12(13)14(16)15-3/h4,6-7,10H,1,5,8-9H2,2-3H3. The largest absolute Gasteiger partial charge is 0.494 e. The van der Waals surface area contributed by atoms with E-state index in [1.165, 1.54) is 0 Å². The van der Waals surface area contributed by atoms with Crippen LogP contribution in [0.2, 0.25) is 0 Å². The molecule has 1 aliphatic heterocycles. The lowest BCUT2D eigenvalue weighted by molar-refractivity contribution is 0.297. The van der Waals surface area contributed by atoms with Crippen LogP contribution in [-0.2, 0) is 0 Å². The summed E-state index contributed by atoms with van der Waals surface area (Å²) in [6.45, 7) is 7.77. The second-order valence-electron chi connectivity index (χ2n) is 3.86. The molecule has 0 saturated heterocycles. The van der Waals surface area contributed by atoms with Gasteiger partial charge in [0.2, 0.25) is 0 Å². The lowest BCUT2D eigenvalue weighted by Gasteiger charge is -2.18. The second-order valence-corrected chi connectivity index (χ2v) is 3.86. The van der Waals surface area contributed by atoms with Gasteiger partial charge in [-0.15, -0.1) is 0 Å². The number of amidine groups is 1. The van der Waals surface area contributed by atoms with Crippen molar-refractivity contribution in [3.8, 4) is 11.5 Å². The Bertz CT molecular complexity index is 469. The average Bonchev–Trinajstić information content (AvgIpc) is 2.57. The molecule has 4 heteroatoms. The van der Waals surface area contributed by atoms with Crippen LogP contribution < -0.4 is 9.47 Å². The van der Waals surface area contributed by atoms with E-state index in [1.807, 2.05) is 30.0 Å². The molecule has 0 N–H and O–H groups in total. The zero-order valence-electron chi connectivity index (χ0n) is 10.8. The van der Waals surface area contributed by atoms with E-state index in [0.717, 1.165) is 29.4 Å². The Morgan fingerprint density at radius 1 is 1.56 bits per heavy atom. The van der Waals surface area contributed by atoms with Crippen molar-refractivity contribution in [2.24, 2.45) is 4.99 Å². The van der Waals surface area contributed by atoms with Gasteiger partial charge in [0, 0.05) is 13.1 Å². The first-order chi connectivity index (χ1) is 8.80. The van der Waals surface area contributed by atoms with Gasteiger partial charge in [0.25, 0.3) is 0 Å². The van der Waals surface area contributed by atoms with Crippen LogP contribution in [0.4, 0.5) is 0 Å². The first-order valence-electron chi connectivity index (χ1n) is 6.06. The van der Waals surface area contributed by atoms with Gasteiger partial charge in [0.05, 0.1) is 18.7 Å². The van der Waals surface area contributed by atoms with Gasteiger partial charge in [0.1, 0.15) is 23.9 Å². The van der Waals surface area contributed by atoms with Crippen LogP contribution in [0.25, 0.3) is 0 Å². The number of ether oxygens (including phenoxy) is 2. The lowest BCUT2D eigenvalue weighted by Crippen LogP contribution is -2.27. The van der Waals surface area contributed by atoms with E-state index in [2.05, 4.69) is 11.6 Å². The van der Waals surface area contributed by atoms with Crippen molar-refractivity contribution in [2.45, 2.75) is 6.92 Å². The molecule has 0 aliphatic carbocycles. The van der Waals surface area contributed by atoms with E-state index >= 15 is 0 Å². The van der Waals surface area contributed by atoms with E-state index in [0.29, 0.717) is 13.2 Å². The fraction of sp³-hybridized carbons (Fsp3) is 0.357. The van der Waals surface area contributed by atoms with Crippen LogP contribution in [0.15, 0.2) is 36.0 Å². The third-order valence-electron chi connectivity index (χ3n) is 2.80. The van der Waals surface area contributed by atoms with Gasteiger partial charge in [-0.25, -0.2) is 0 Å². The number of fused-ring (bicyclic) bond motifs is 1. The zero-order valence-corrected chi connectivity index (χ0v) is 10.8. The van der Waals surface area contributed by atoms with E-state index in [9.17, 15) is 0 Å². The highest BCUT2D eigenvalue weighted by Crippen LogP contribution is 2.28. The second kappa shape index (κ2) is 5.58. The third kappa shape index (κ3) is 2.32. The summed E-state index contributed by atoms with van der Waals surface area (Å²) >= 11 is 0. The molecule has 1 heterocycles. The molecular formula is C14H18N2O2. The van der Waals surface area contributed by atoms with Crippen LogP contribution in [-0.4, -0.2) is 37.5 Å². The first-order valence-corrected chi connectivity index (χ1v) is 6.06. The fourth-order valence-electron chi connectivity index (χ4n) is 2.00. The number of rotatable bonds is 3. The fourth-order valence-corrected chi connectivity index (χ4v) is 2.00. The molecular weight excluding hydrogens is 228 g/mol. The van der Waals surface area contributed by atoms with Crippen LogP contribution >= 0.6 is 0 Å². The predicted octanol–water partition coefficient (Wildman–Crippen LogP) is 2.30. The Kier molecular flexibility index (Phi) is 3.87. The topological polar surface area (TPSA) is 34.1 Å². The quantitative estimate of drug-likeness (QED) is 0.820. The molecule has 0 fully saturated rings. The zero-order chi connectivity index (χ0) is 13.0. The Labute approximate surface area is 108 Å². The highest BCUT2D eigenvalue weighted by Gasteiger charge is 2.19. The minimum Gasteiger partial charge on any atom is -0.494 e. The number of nitrogens with zero attached hydrogens (tertiary/aromatic N) is 2. The number of hydrogen-bond acceptors (Lipinski definition) is 3. The normalized spacial score (nSPS) is 16.8. The summed E-state index contributed by atoms with van der Waals surface area (Å²) in [5.41, 5.74) is 0.971. The van der Waals surface area contributed by atoms with Crippen LogP contribution in [0.3, 0.4) is 0 Å². The van der Waals surface area contributed by atoms with Crippen molar-refractivity contribution in [1.82, 2.24) is 4.90 Å². The molecule has 0 radical (unpaired) electrons. The van der Waals surface area contributed by atoms with Crippen molar-refractivity contribution in [3.63, 3.8) is 0 Å².